The molecule has 128 valence electrons. The van der Waals surface area contributed by atoms with Gasteiger partial charge in [-0.3, -0.25) is 9.59 Å². The van der Waals surface area contributed by atoms with Crippen molar-refractivity contribution in [2.75, 3.05) is 13.2 Å². The topological polar surface area (TPSA) is 60.3 Å². The van der Waals surface area contributed by atoms with Gasteiger partial charge in [0.05, 0.1) is 0 Å². The number of nitrogens with one attached hydrogen (secondary N) is 1. The number of halogens is 2. The Morgan fingerprint density at radius 1 is 1.17 bits per heavy atom. The number of hydrogen-bond acceptors (Lipinski definition) is 3. The smallest absolute Gasteiger partial charge is 0.257 e. The molecule has 2 rings (SSSR count). The van der Waals surface area contributed by atoms with E-state index in [0.29, 0.717) is 23.9 Å². The number of amides is 1. The summed E-state index contributed by atoms with van der Waals surface area (Å²) in [5.41, 5.74) is -0.0291. The van der Waals surface area contributed by atoms with Crippen LogP contribution in [0.1, 0.15) is 12.8 Å². The second-order valence-corrected chi connectivity index (χ2v) is 6.53. The Bertz CT molecular complexity index is 731. The number of unbranched alkanes of at least 4 members (excludes halogenated alkanes) is 1. The van der Waals surface area contributed by atoms with E-state index in [2.05, 4.69) is 21.2 Å². The second-order valence-electron chi connectivity index (χ2n) is 5.18. The molecule has 24 heavy (non-hydrogen) atoms. The number of benzene rings is 1. The zero-order chi connectivity index (χ0) is 17.4. The van der Waals surface area contributed by atoms with Crippen molar-refractivity contribution in [3.05, 3.63) is 62.4 Å². The number of carbonyl (C=O) groups is 1. The van der Waals surface area contributed by atoms with Gasteiger partial charge in [0, 0.05) is 34.8 Å². The van der Waals surface area contributed by atoms with Crippen molar-refractivity contribution in [1.29, 1.82) is 0 Å². The fraction of sp³-hybridized carbons (Fsp3) is 0.294. The number of hydrogen-bond donors (Lipinski definition) is 1. The van der Waals surface area contributed by atoms with Crippen LogP contribution in [-0.2, 0) is 11.3 Å². The van der Waals surface area contributed by atoms with Crippen molar-refractivity contribution in [3.8, 4) is 5.75 Å². The van der Waals surface area contributed by atoms with Crippen LogP contribution in [0.5, 0.6) is 5.75 Å². The highest BCUT2D eigenvalue weighted by molar-refractivity contribution is 9.10. The van der Waals surface area contributed by atoms with Crippen molar-refractivity contribution in [2.24, 2.45) is 0 Å². The lowest BCUT2D eigenvalue weighted by Crippen LogP contribution is -2.30. The fourth-order valence-corrected chi connectivity index (χ4v) is 2.55. The van der Waals surface area contributed by atoms with Gasteiger partial charge in [0.2, 0.25) is 0 Å². The van der Waals surface area contributed by atoms with E-state index in [0.717, 1.165) is 17.3 Å². The Morgan fingerprint density at radius 2 is 1.92 bits per heavy atom. The van der Waals surface area contributed by atoms with Gasteiger partial charge < -0.3 is 14.6 Å². The third-order valence-electron chi connectivity index (χ3n) is 3.28. The van der Waals surface area contributed by atoms with Crippen LogP contribution in [0.2, 0.25) is 5.02 Å². The molecule has 2 aromatic rings. The van der Waals surface area contributed by atoms with Crippen molar-refractivity contribution >= 4 is 33.4 Å². The quantitative estimate of drug-likeness (QED) is 0.676. The molecule has 7 heteroatoms. The largest absolute Gasteiger partial charge is 0.484 e. The van der Waals surface area contributed by atoms with E-state index in [1.807, 2.05) is 0 Å². The summed E-state index contributed by atoms with van der Waals surface area (Å²) in [4.78, 5) is 23.3. The van der Waals surface area contributed by atoms with E-state index in [1.54, 1.807) is 41.1 Å². The van der Waals surface area contributed by atoms with Gasteiger partial charge in [0.15, 0.2) is 6.61 Å². The van der Waals surface area contributed by atoms with Crippen molar-refractivity contribution in [1.82, 2.24) is 9.88 Å². The minimum atomic E-state index is -0.176. The minimum absolute atomic E-state index is 0.0291. The lowest BCUT2D eigenvalue weighted by atomic mass is 10.3. The van der Waals surface area contributed by atoms with Gasteiger partial charge in [0.25, 0.3) is 11.5 Å². The van der Waals surface area contributed by atoms with E-state index in [-0.39, 0.29) is 18.1 Å². The first-order chi connectivity index (χ1) is 11.5. The van der Waals surface area contributed by atoms with Crippen LogP contribution in [0.3, 0.4) is 0 Å². The van der Waals surface area contributed by atoms with Gasteiger partial charge in [-0.15, -0.1) is 0 Å². The Balaban J connectivity index is 1.61. The van der Waals surface area contributed by atoms with Crippen LogP contribution >= 0.6 is 27.5 Å². The van der Waals surface area contributed by atoms with Crippen LogP contribution < -0.4 is 15.6 Å². The minimum Gasteiger partial charge on any atom is -0.484 e. The molecule has 1 N–H and O–H groups in total. The van der Waals surface area contributed by atoms with Crippen molar-refractivity contribution in [2.45, 2.75) is 19.4 Å². The molecule has 5 nitrogen and oxygen atoms in total. The molecule has 0 atom stereocenters. The molecule has 0 fully saturated rings. The summed E-state index contributed by atoms with van der Waals surface area (Å²) in [5, 5.41) is 3.41. The third-order valence-corrected chi connectivity index (χ3v) is 4.00. The van der Waals surface area contributed by atoms with Crippen molar-refractivity contribution in [3.63, 3.8) is 0 Å². The van der Waals surface area contributed by atoms with Gasteiger partial charge in [-0.25, -0.2) is 0 Å². The number of aryl methyl sites for hydroxylation is 1. The van der Waals surface area contributed by atoms with Gasteiger partial charge >= 0.3 is 0 Å². The molecule has 0 saturated heterocycles. The molecule has 0 aliphatic rings. The average molecular weight is 414 g/mol. The summed E-state index contributed by atoms with van der Waals surface area (Å²) in [7, 11) is 0. The number of ether oxygens (including phenoxy) is 1. The van der Waals surface area contributed by atoms with Crippen LogP contribution in [0.4, 0.5) is 0 Å². The maximum absolute atomic E-state index is 11.7. The first-order valence-electron chi connectivity index (χ1n) is 7.55. The van der Waals surface area contributed by atoms with Gasteiger partial charge in [-0.1, -0.05) is 11.6 Å². The highest BCUT2D eigenvalue weighted by atomic mass is 79.9. The molecule has 0 saturated carbocycles. The monoisotopic (exact) mass is 412 g/mol. The summed E-state index contributed by atoms with van der Waals surface area (Å²) in [6.45, 7) is 1.13. The maximum atomic E-state index is 11.7. The molecule has 0 radical (unpaired) electrons. The predicted octanol–water partition coefficient (Wildman–Crippen LogP) is 3.24. The summed E-state index contributed by atoms with van der Waals surface area (Å²) >= 11 is 9.12. The fourth-order valence-electron chi connectivity index (χ4n) is 2.04. The van der Waals surface area contributed by atoms with Crippen LogP contribution in [0, 0.1) is 0 Å². The number of pyridine rings is 1. The third kappa shape index (κ3) is 6.37. The Labute approximate surface area is 153 Å². The maximum Gasteiger partial charge on any atom is 0.257 e. The van der Waals surface area contributed by atoms with E-state index in [9.17, 15) is 9.59 Å². The zero-order valence-corrected chi connectivity index (χ0v) is 15.3. The molecule has 0 unspecified atom stereocenters. The molecule has 1 aromatic carbocycles. The van der Waals surface area contributed by atoms with Crippen LogP contribution in [-0.4, -0.2) is 23.6 Å². The Kier molecular flexibility index (Phi) is 7.34. The zero-order valence-electron chi connectivity index (χ0n) is 13.0. The Hall–Kier alpha value is -1.79. The first-order valence-corrected chi connectivity index (χ1v) is 8.73. The number of nitrogens with zero attached hydrogens (tertiary/aromatic N) is 1. The normalized spacial score (nSPS) is 10.4. The van der Waals surface area contributed by atoms with Crippen molar-refractivity contribution < 1.29 is 9.53 Å². The molecule has 0 bridgehead atoms. The lowest BCUT2D eigenvalue weighted by Gasteiger charge is -2.08. The molecule has 0 spiro atoms. The molecule has 0 aliphatic carbocycles. The van der Waals surface area contributed by atoms with E-state index < -0.39 is 0 Å². The van der Waals surface area contributed by atoms with E-state index in [4.69, 9.17) is 16.3 Å². The molecule has 1 amide bonds. The lowest BCUT2D eigenvalue weighted by molar-refractivity contribution is -0.123. The molecular weight excluding hydrogens is 396 g/mol. The number of aromatic nitrogens is 1. The number of rotatable bonds is 8. The Morgan fingerprint density at radius 3 is 2.67 bits per heavy atom. The molecule has 1 aromatic heterocycles. The second kappa shape index (κ2) is 9.49. The summed E-state index contributed by atoms with van der Waals surface area (Å²) in [5.74, 6) is 0.424. The highest BCUT2D eigenvalue weighted by Gasteiger charge is 2.03. The average Bonchev–Trinajstić information content (AvgIpc) is 2.57. The summed E-state index contributed by atoms with van der Waals surface area (Å²) < 4.78 is 7.88. The molecule has 1 heterocycles. The van der Waals surface area contributed by atoms with Crippen LogP contribution in [0.25, 0.3) is 0 Å². The predicted molar refractivity (Wildman–Crippen MR) is 97.6 cm³/mol. The standard InChI is InChI=1S/C17H18BrClN2O3/c18-13-3-8-17(23)21(11-13)10-2-1-9-20-16(22)12-24-15-6-4-14(19)5-7-15/h3-8,11H,1-2,9-10,12H2,(H,20,22). The highest BCUT2D eigenvalue weighted by Crippen LogP contribution is 2.15. The SMILES string of the molecule is O=C(COc1ccc(Cl)cc1)NCCCCn1cc(Br)ccc1=O. The van der Waals surface area contributed by atoms with E-state index in [1.165, 1.54) is 6.07 Å². The van der Waals surface area contributed by atoms with Gasteiger partial charge in [-0.05, 0) is 59.1 Å². The summed E-state index contributed by atoms with van der Waals surface area (Å²) in [6, 6.07) is 10.1. The molecule has 0 aliphatic heterocycles. The van der Waals surface area contributed by atoms with Gasteiger partial charge in [0.1, 0.15) is 5.75 Å². The molecular formula is C17H18BrClN2O3. The summed E-state index contributed by atoms with van der Waals surface area (Å²) in [6.07, 6.45) is 3.35. The van der Waals surface area contributed by atoms with E-state index >= 15 is 0 Å². The first kappa shape index (κ1) is 18.5. The number of carbonyl (C=O) groups excluding carboxylic acids is 1. The van der Waals surface area contributed by atoms with Crippen LogP contribution in [0.15, 0.2) is 51.9 Å². The van der Waals surface area contributed by atoms with Gasteiger partial charge in [-0.2, -0.15) is 0 Å².